The molecule has 10 nitrogen and oxygen atoms in total. The van der Waals surface area contributed by atoms with E-state index in [-0.39, 0.29) is 42.0 Å². The maximum Gasteiger partial charge on any atom is 0.310 e. The molecule has 1 aromatic heterocycles. The average Bonchev–Trinajstić information content (AvgIpc) is 2.68. The zero-order valence-electron chi connectivity index (χ0n) is 15.5. The summed E-state index contributed by atoms with van der Waals surface area (Å²) in [6.45, 7) is 1.73. The number of aryl methyl sites for hydroxylation is 1. The van der Waals surface area contributed by atoms with Gasteiger partial charge in [-0.15, -0.1) is 0 Å². The average molecular weight is 394 g/mol. The Morgan fingerprint density at radius 3 is 2.59 bits per heavy atom. The highest BCUT2D eigenvalue weighted by molar-refractivity contribution is 5.74. The van der Waals surface area contributed by atoms with Gasteiger partial charge in [0.1, 0.15) is 0 Å². The number of anilines is 3. The van der Waals surface area contributed by atoms with Gasteiger partial charge in [0.25, 0.3) is 5.69 Å². The zero-order valence-corrected chi connectivity index (χ0v) is 15.5. The number of hydrogen-bond acceptors (Lipinski definition) is 9. The van der Waals surface area contributed by atoms with Crippen LogP contribution in [0.25, 0.3) is 0 Å². The van der Waals surface area contributed by atoms with Crippen molar-refractivity contribution in [1.82, 2.24) is 15.0 Å². The number of nitro benzene ring substituents is 1. The molecule has 0 radical (unpaired) electrons. The Hall–Kier alpha value is -4.08. The molecule has 0 saturated heterocycles. The number of carbonyl (C=O) groups excluding carboxylic acids is 1. The number of benzene rings is 2. The second kappa shape index (κ2) is 8.74. The van der Waals surface area contributed by atoms with Gasteiger partial charge in [-0.2, -0.15) is 15.0 Å². The molecule has 0 bridgehead atoms. The van der Waals surface area contributed by atoms with Gasteiger partial charge >= 0.3 is 5.97 Å². The van der Waals surface area contributed by atoms with E-state index in [2.05, 4.69) is 20.3 Å². The van der Waals surface area contributed by atoms with Crippen LogP contribution in [0.2, 0.25) is 0 Å². The summed E-state index contributed by atoms with van der Waals surface area (Å²) in [5, 5.41) is 14.0. The summed E-state index contributed by atoms with van der Waals surface area (Å²) < 4.78 is 5.15. The van der Waals surface area contributed by atoms with Gasteiger partial charge in [0.2, 0.25) is 11.9 Å². The largest absolute Gasteiger partial charge is 0.457 e. The number of nitrogen functional groups attached to an aromatic ring is 1. The molecular formula is C19H18N6O4. The van der Waals surface area contributed by atoms with E-state index >= 15 is 0 Å². The number of nitrogens with zero attached hydrogens (tertiary/aromatic N) is 4. The molecule has 29 heavy (non-hydrogen) atoms. The Bertz CT molecular complexity index is 1040. The number of para-hydroxylation sites is 1. The minimum atomic E-state index is -0.647. The molecule has 0 aliphatic rings. The summed E-state index contributed by atoms with van der Waals surface area (Å²) in [6.07, 6.45) is -0.244. The van der Waals surface area contributed by atoms with Crippen molar-refractivity contribution in [2.45, 2.75) is 20.0 Å². The SMILES string of the molecule is Cc1ccc(Nc2nc(N)nc(COC(=O)Cc3ccccc3[N+](=O)[O-])n2)cc1. The number of nitro groups is 1. The first-order chi connectivity index (χ1) is 13.9. The number of esters is 1. The molecule has 0 spiro atoms. The maximum atomic E-state index is 12.1. The number of nitrogens with one attached hydrogen (secondary N) is 1. The third kappa shape index (κ3) is 5.45. The molecule has 0 aliphatic heterocycles. The molecular weight excluding hydrogens is 376 g/mol. The van der Waals surface area contributed by atoms with Crippen molar-refractivity contribution in [3.8, 4) is 0 Å². The first kappa shape index (κ1) is 19.7. The summed E-state index contributed by atoms with van der Waals surface area (Å²) in [5.41, 5.74) is 7.70. The first-order valence-electron chi connectivity index (χ1n) is 8.63. The number of aromatic nitrogens is 3. The Morgan fingerprint density at radius 2 is 1.86 bits per heavy atom. The molecule has 10 heteroatoms. The van der Waals surface area contributed by atoms with Crippen molar-refractivity contribution < 1.29 is 14.5 Å². The highest BCUT2D eigenvalue weighted by atomic mass is 16.6. The molecule has 3 aromatic rings. The van der Waals surface area contributed by atoms with E-state index in [9.17, 15) is 14.9 Å². The highest BCUT2D eigenvalue weighted by Crippen LogP contribution is 2.19. The van der Waals surface area contributed by atoms with E-state index in [0.29, 0.717) is 0 Å². The van der Waals surface area contributed by atoms with Gasteiger partial charge in [0.05, 0.1) is 11.3 Å². The Balaban J connectivity index is 1.64. The number of ether oxygens (including phenoxy) is 1. The molecule has 0 saturated carbocycles. The van der Waals surface area contributed by atoms with Crippen LogP contribution in [-0.4, -0.2) is 25.8 Å². The first-order valence-corrected chi connectivity index (χ1v) is 8.63. The Labute approximate surface area is 165 Å². The lowest BCUT2D eigenvalue weighted by atomic mass is 10.1. The molecule has 0 unspecified atom stereocenters. The highest BCUT2D eigenvalue weighted by Gasteiger charge is 2.17. The number of hydrogen-bond donors (Lipinski definition) is 2. The van der Waals surface area contributed by atoms with E-state index in [4.69, 9.17) is 10.5 Å². The summed E-state index contributed by atoms with van der Waals surface area (Å²) in [5.74, 6) is -0.306. The van der Waals surface area contributed by atoms with Crippen LogP contribution in [-0.2, 0) is 22.6 Å². The van der Waals surface area contributed by atoms with E-state index in [1.165, 1.54) is 18.2 Å². The summed E-state index contributed by atoms with van der Waals surface area (Å²) >= 11 is 0. The van der Waals surface area contributed by atoms with Crippen LogP contribution in [0.5, 0.6) is 0 Å². The predicted octanol–water partition coefficient (Wildman–Crippen LogP) is 2.70. The van der Waals surface area contributed by atoms with Crippen LogP contribution >= 0.6 is 0 Å². The van der Waals surface area contributed by atoms with Crippen LogP contribution in [0, 0.1) is 17.0 Å². The molecule has 0 atom stereocenters. The van der Waals surface area contributed by atoms with Crippen molar-refractivity contribution in [2.24, 2.45) is 0 Å². The Kier molecular flexibility index (Phi) is 5.93. The van der Waals surface area contributed by atoms with Crippen molar-refractivity contribution >= 4 is 29.2 Å². The second-order valence-corrected chi connectivity index (χ2v) is 6.15. The van der Waals surface area contributed by atoms with E-state index in [0.717, 1.165) is 11.3 Å². The monoisotopic (exact) mass is 394 g/mol. The fourth-order valence-electron chi connectivity index (χ4n) is 2.51. The molecule has 3 rings (SSSR count). The fourth-order valence-corrected chi connectivity index (χ4v) is 2.51. The second-order valence-electron chi connectivity index (χ2n) is 6.15. The Morgan fingerprint density at radius 1 is 1.14 bits per heavy atom. The lowest BCUT2D eigenvalue weighted by Gasteiger charge is -2.08. The number of nitrogens with two attached hydrogens (primary N) is 1. The number of rotatable bonds is 7. The lowest BCUT2D eigenvalue weighted by molar-refractivity contribution is -0.385. The van der Waals surface area contributed by atoms with Gasteiger partial charge < -0.3 is 15.8 Å². The summed E-state index contributed by atoms with van der Waals surface area (Å²) in [6, 6.07) is 13.6. The zero-order chi connectivity index (χ0) is 20.8. The normalized spacial score (nSPS) is 10.4. The summed E-state index contributed by atoms with van der Waals surface area (Å²) in [4.78, 5) is 34.7. The van der Waals surface area contributed by atoms with E-state index < -0.39 is 10.9 Å². The van der Waals surface area contributed by atoms with Crippen molar-refractivity contribution in [2.75, 3.05) is 11.1 Å². The van der Waals surface area contributed by atoms with Crippen LogP contribution in [0.4, 0.5) is 23.3 Å². The minimum absolute atomic E-state index is 0.0284. The molecule has 3 N–H and O–H groups in total. The van der Waals surface area contributed by atoms with Gasteiger partial charge in [0, 0.05) is 17.3 Å². The molecule has 2 aromatic carbocycles. The van der Waals surface area contributed by atoms with Crippen LogP contribution < -0.4 is 11.1 Å². The molecule has 0 aliphatic carbocycles. The topological polar surface area (TPSA) is 146 Å². The van der Waals surface area contributed by atoms with E-state index in [1.807, 2.05) is 31.2 Å². The van der Waals surface area contributed by atoms with Gasteiger partial charge in [-0.1, -0.05) is 35.9 Å². The molecule has 1 heterocycles. The van der Waals surface area contributed by atoms with Crippen LogP contribution in [0.1, 0.15) is 17.0 Å². The lowest BCUT2D eigenvalue weighted by Crippen LogP contribution is -2.13. The predicted molar refractivity (Wildman–Crippen MR) is 105 cm³/mol. The standard InChI is InChI=1S/C19H18N6O4/c1-12-6-8-14(9-7-12)21-19-23-16(22-18(20)24-19)11-29-17(26)10-13-4-2-3-5-15(13)25(27)28/h2-9H,10-11H2,1H3,(H3,20,21,22,23,24). The third-order valence-corrected chi connectivity index (χ3v) is 3.89. The smallest absolute Gasteiger partial charge is 0.310 e. The minimum Gasteiger partial charge on any atom is -0.457 e. The third-order valence-electron chi connectivity index (χ3n) is 3.89. The van der Waals surface area contributed by atoms with Crippen molar-refractivity contribution in [3.05, 3.63) is 75.6 Å². The van der Waals surface area contributed by atoms with Crippen LogP contribution in [0.15, 0.2) is 48.5 Å². The van der Waals surface area contributed by atoms with Crippen molar-refractivity contribution in [3.63, 3.8) is 0 Å². The van der Waals surface area contributed by atoms with Gasteiger partial charge in [-0.05, 0) is 19.1 Å². The molecule has 0 fully saturated rings. The quantitative estimate of drug-likeness (QED) is 0.351. The fraction of sp³-hybridized carbons (Fsp3) is 0.158. The van der Waals surface area contributed by atoms with Gasteiger partial charge in [0.15, 0.2) is 12.4 Å². The van der Waals surface area contributed by atoms with Gasteiger partial charge in [-0.25, -0.2) is 0 Å². The molecule has 0 amide bonds. The number of carbonyl (C=O) groups is 1. The maximum absolute atomic E-state index is 12.1. The van der Waals surface area contributed by atoms with Gasteiger partial charge in [-0.3, -0.25) is 14.9 Å². The van der Waals surface area contributed by atoms with Crippen LogP contribution in [0.3, 0.4) is 0 Å². The van der Waals surface area contributed by atoms with E-state index in [1.54, 1.807) is 6.07 Å². The van der Waals surface area contributed by atoms with Crippen molar-refractivity contribution in [1.29, 1.82) is 0 Å². The summed E-state index contributed by atoms with van der Waals surface area (Å²) in [7, 11) is 0. The molecule has 148 valence electrons.